The Kier molecular flexibility index (Phi) is 8.44. The van der Waals surface area contributed by atoms with E-state index in [0.29, 0.717) is 12.2 Å². The van der Waals surface area contributed by atoms with Gasteiger partial charge in [-0.2, -0.15) is 0 Å². The monoisotopic (exact) mass is 343 g/mol. The van der Waals surface area contributed by atoms with Crippen LogP contribution >= 0.6 is 0 Å². The Labute approximate surface area is 151 Å². The number of aryl methyl sites for hydroxylation is 1. The first kappa shape index (κ1) is 19.4. The Morgan fingerprint density at radius 1 is 0.960 bits per heavy atom. The molecule has 1 atom stereocenters. The van der Waals surface area contributed by atoms with E-state index in [0.717, 1.165) is 36.9 Å². The van der Waals surface area contributed by atoms with E-state index >= 15 is 0 Å². The third kappa shape index (κ3) is 6.85. The van der Waals surface area contributed by atoms with Gasteiger partial charge in [0, 0.05) is 5.56 Å². The van der Waals surface area contributed by atoms with Crippen LogP contribution < -0.4 is 4.74 Å². The number of pyridine rings is 1. The van der Waals surface area contributed by atoms with Gasteiger partial charge in [0.1, 0.15) is 18.5 Å². The molecule has 0 N–H and O–H groups in total. The maximum absolute atomic E-state index is 13.7. The quantitative estimate of drug-likeness (QED) is 0.441. The van der Waals surface area contributed by atoms with Crippen molar-refractivity contribution in [1.29, 1.82) is 0 Å². The van der Waals surface area contributed by atoms with E-state index in [9.17, 15) is 4.39 Å². The first-order valence-corrected chi connectivity index (χ1v) is 9.55. The molecule has 3 heteroatoms. The average molecular weight is 343 g/mol. The summed E-state index contributed by atoms with van der Waals surface area (Å²) >= 11 is 0. The number of halogens is 1. The number of hydrogen-bond acceptors (Lipinski definition) is 2. The first-order chi connectivity index (χ1) is 12.2. The number of hydrogen-bond donors (Lipinski definition) is 0. The molecule has 0 aliphatic heterocycles. The van der Waals surface area contributed by atoms with Gasteiger partial charge < -0.3 is 4.74 Å². The zero-order chi connectivity index (χ0) is 17.9. The fourth-order valence-corrected chi connectivity index (χ4v) is 2.75. The highest BCUT2D eigenvalue weighted by Crippen LogP contribution is 2.21. The molecule has 1 unspecified atom stereocenters. The Morgan fingerprint density at radius 2 is 1.72 bits per heavy atom. The molecule has 1 heterocycles. The second-order valence-corrected chi connectivity index (χ2v) is 6.58. The lowest BCUT2D eigenvalue weighted by Crippen LogP contribution is -2.12. The third-order valence-electron chi connectivity index (χ3n) is 4.36. The van der Waals surface area contributed by atoms with E-state index in [2.05, 4.69) is 43.1 Å². The minimum atomic E-state index is -0.901. The highest BCUT2D eigenvalue weighted by molar-refractivity contribution is 5.59. The van der Waals surface area contributed by atoms with Crippen LogP contribution in [0.15, 0.2) is 42.6 Å². The van der Waals surface area contributed by atoms with Crippen molar-refractivity contribution >= 4 is 0 Å². The number of aromatic nitrogens is 1. The average Bonchev–Trinajstić information content (AvgIpc) is 2.66. The summed E-state index contributed by atoms with van der Waals surface area (Å²) in [6.07, 6.45) is 8.02. The van der Waals surface area contributed by atoms with E-state index in [-0.39, 0.29) is 6.61 Å². The summed E-state index contributed by atoms with van der Waals surface area (Å²) < 4.78 is 19.3. The van der Waals surface area contributed by atoms with Crippen LogP contribution in [0.3, 0.4) is 0 Å². The van der Waals surface area contributed by atoms with Crippen molar-refractivity contribution in [2.45, 2.75) is 65.0 Å². The molecular weight excluding hydrogens is 313 g/mol. The van der Waals surface area contributed by atoms with Gasteiger partial charge in [-0.05, 0) is 37.0 Å². The van der Waals surface area contributed by atoms with Gasteiger partial charge in [0.25, 0.3) is 0 Å². The molecule has 0 radical (unpaired) electrons. The maximum atomic E-state index is 13.7. The molecule has 0 bridgehead atoms. The topological polar surface area (TPSA) is 22.1 Å². The van der Waals surface area contributed by atoms with Crippen LogP contribution in [-0.4, -0.2) is 17.8 Å². The predicted octanol–water partition coefficient (Wildman–Crippen LogP) is 6.39. The van der Waals surface area contributed by atoms with Crippen LogP contribution in [0.4, 0.5) is 4.39 Å². The normalized spacial score (nSPS) is 12.1. The van der Waals surface area contributed by atoms with Crippen molar-refractivity contribution in [2.75, 3.05) is 6.61 Å². The summed E-state index contributed by atoms with van der Waals surface area (Å²) in [5, 5.41) is 0. The van der Waals surface area contributed by atoms with Gasteiger partial charge in [-0.3, -0.25) is 4.98 Å². The number of rotatable bonds is 11. The molecule has 0 spiro atoms. The molecule has 25 heavy (non-hydrogen) atoms. The first-order valence-electron chi connectivity index (χ1n) is 9.55. The molecule has 1 aromatic carbocycles. The molecule has 0 aliphatic rings. The minimum Gasteiger partial charge on any atom is -0.489 e. The summed E-state index contributed by atoms with van der Waals surface area (Å²) in [6, 6.07) is 12.4. The highest BCUT2D eigenvalue weighted by Gasteiger charge is 2.08. The lowest BCUT2D eigenvalue weighted by atomic mass is 10.0. The standard InChI is InChI=1S/C22H30FNO/c1-3-5-7-9-20(23)17-25-21-14-15-22(24-16-21)19-12-10-18(11-13-19)8-6-4-2/h10-16,20H,3-9,17H2,1-2H3. The van der Waals surface area contributed by atoms with E-state index in [1.54, 1.807) is 6.20 Å². The van der Waals surface area contributed by atoms with Gasteiger partial charge in [-0.25, -0.2) is 4.39 Å². The number of nitrogens with zero attached hydrogens (tertiary/aromatic N) is 1. The van der Waals surface area contributed by atoms with E-state index < -0.39 is 6.17 Å². The molecule has 0 fully saturated rings. The molecule has 0 aliphatic carbocycles. The molecule has 2 nitrogen and oxygen atoms in total. The van der Waals surface area contributed by atoms with Gasteiger partial charge in [-0.1, -0.05) is 63.8 Å². The van der Waals surface area contributed by atoms with Crippen LogP contribution in [0.25, 0.3) is 11.3 Å². The molecule has 136 valence electrons. The molecular formula is C22H30FNO. The van der Waals surface area contributed by atoms with Crippen molar-refractivity contribution in [3.63, 3.8) is 0 Å². The second kappa shape index (κ2) is 10.9. The zero-order valence-electron chi connectivity index (χ0n) is 15.5. The molecule has 1 aromatic heterocycles. The van der Waals surface area contributed by atoms with Gasteiger partial charge in [0.05, 0.1) is 11.9 Å². The third-order valence-corrected chi connectivity index (χ3v) is 4.36. The maximum Gasteiger partial charge on any atom is 0.137 e. The van der Waals surface area contributed by atoms with Gasteiger partial charge in [0.15, 0.2) is 0 Å². The SMILES string of the molecule is CCCCCC(F)COc1ccc(-c2ccc(CCCC)cc2)nc1. The Hall–Kier alpha value is -1.90. The van der Waals surface area contributed by atoms with Gasteiger partial charge in [-0.15, -0.1) is 0 Å². The summed E-state index contributed by atoms with van der Waals surface area (Å²) in [7, 11) is 0. The zero-order valence-corrected chi connectivity index (χ0v) is 15.5. The number of ether oxygens (including phenoxy) is 1. The van der Waals surface area contributed by atoms with E-state index in [1.807, 2.05) is 12.1 Å². The van der Waals surface area contributed by atoms with Crippen LogP contribution in [-0.2, 0) is 6.42 Å². The summed E-state index contributed by atoms with van der Waals surface area (Å²) in [5.41, 5.74) is 3.37. The van der Waals surface area contributed by atoms with Crippen molar-refractivity contribution in [3.05, 3.63) is 48.2 Å². The highest BCUT2D eigenvalue weighted by atomic mass is 19.1. The molecule has 0 amide bonds. The van der Waals surface area contributed by atoms with Crippen molar-refractivity contribution < 1.29 is 9.13 Å². The lowest BCUT2D eigenvalue weighted by Gasteiger charge is -2.10. The smallest absolute Gasteiger partial charge is 0.137 e. The van der Waals surface area contributed by atoms with E-state index in [1.165, 1.54) is 18.4 Å². The Bertz CT molecular complexity index is 594. The Balaban J connectivity index is 1.84. The predicted molar refractivity (Wildman–Crippen MR) is 103 cm³/mol. The molecule has 0 saturated heterocycles. The summed E-state index contributed by atoms with van der Waals surface area (Å²) in [5.74, 6) is 0.626. The Morgan fingerprint density at radius 3 is 2.36 bits per heavy atom. The van der Waals surface area contributed by atoms with Crippen molar-refractivity contribution in [3.8, 4) is 17.0 Å². The molecule has 0 saturated carbocycles. The van der Waals surface area contributed by atoms with E-state index in [4.69, 9.17) is 4.74 Å². The van der Waals surface area contributed by atoms with Crippen LogP contribution in [0.1, 0.15) is 57.9 Å². The van der Waals surface area contributed by atoms with Crippen LogP contribution in [0.2, 0.25) is 0 Å². The van der Waals surface area contributed by atoms with Crippen LogP contribution in [0, 0.1) is 0 Å². The summed E-state index contributed by atoms with van der Waals surface area (Å²) in [6.45, 7) is 4.44. The lowest BCUT2D eigenvalue weighted by molar-refractivity contribution is 0.183. The number of unbranched alkanes of at least 4 members (excludes halogenated alkanes) is 3. The summed E-state index contributed by atoms with van der Waals surface area (Å²) in [4.78, 5) is 4.45. The minimum absolute atomic E-state index is 0.108. The molecule has 2 rings (SSSR count). The molecule has 2 aromatic rings. The van der Waals surface area contributed by atoms with Crippen molar-refractivity contribution in [1.82, 2.24) is 4.98 Å². The largest absolute Gasteiger partial charge is 0.489 e. The fourth-order valence-electron chi connectivity index (χ4n) is 2.75. The fraction of sp³-hybridized carbons (Fsp3) is 0.500. The number of benzene rings is 1. The van der Waals surface area contributed by atoms with Crippen molar-refractivity contribution in [2.24, 2.45) is 0 Å². The number of alkyl halides is 1. The second-order valence-electron chi connectivity index (χ2n) is 6.58. The van der Waals surface area contributed by atoms with Gasteiger partial charge >= 0.3 is 0 Å². The van der Waals surface area contributed by atoms with Crippen LogP contribution in [0.5, 0.6) is 5.75 Å². The van der Waals surface area contributed by atoms with Gasteiger partial charge in [0.2, 0.25) is 0 Å².